The monoisotopic (exact) mass is 279 g/mol. The Kier molecular flexibility index (Phi) is 3.78. The normalized spacial score (nSPS) is 16.0. The van der Waals surface area contributed by atoms with Crippen LogP contribution in [0, 0.1) is 0 Å². The Morgan fingerprint density at radius 1 is 1.00 bits per heavy atom. The van der Waals surface area contributed by atoms with Gasteiger partial charge in [-0.05, 0) is 37.5 Å². The number of rotatable bonds is 4. The largest absolute Gasteiger partial charge is 0.312 e. The Bertz CT molecular complexity index is 602. The summed E-state index contributed by atoms with van der Waals surface area (Å²) in [5.74, 6) is 0.244. The van der Waals surface area contributed by atoms with E-state index in [1.165, 1.54) is 0 Å². The number of nitrogens with zero attached hydrogens (tertiary/aromatic N) is 1. The highest BCUT2D eigenvalue weighted by molar-refractivity contribution is 6.01. The molecule has 2 nitrogen and oxygen atoms in total. The first-order valence-electron chi connectivity index (χ1n) is 7.70. The third-order valence-electron chi connectivity index (χ3n) is 4.57. The van der Waals surface area contributed by atoms with Gasteiger partial charge >= 0.3 is 0 Å². The zero-order valence-electron chi connectivity index (χ0n) is 12.5. The molecule has 2 heteroatoms. The van der Waals surface area contributed by atoms with Gasteiger partial charge in [0.25, 0.3) is 0 Å². The summed E-state index contributed by atoms with van der Waals surface area (Å²) in [4.78, 5) is 15.1. The molecule has 0 unspecified atom stereocenters. The van der Waals surface area contributed by atoms with E-state index in [1.54, 1.807) is 0 Å². The van der Waals surface area contributed by atoms with Crippen LogP contribution in [0.25, 0.3) is 0 Å². The summed E-state index contributed by atoms with van der Waals surface area (Å²) in [6.45, 7) is 2.75. The molecule has 1 amide bonds. The third-order valence-corrected chi connectivity index (χ3v) is 4.57. The van der Waals surface area contributed by atoms with Gasteiger partial charge in [-0.2, -0.15) is 0 Å². The van der Waals surface area contributed by atoms with E-state index in [2.05, 4.69) is 12.1 Å². The van der Waals surface area contributed by atoms with Crippen LogP contribution in [0.5, 0.6) is 0 Å². The van der Waals surface area contributed by atoms with Crippen LogP contribution in [0.2, 0.25) is 0 Å². The van der Waals surface area contributed by atoms with Crippen LogP contribution in [0.15, 0.2) is 60.7 Å². The van der Waals surface area contributed by atoms with Gasteiger partial charge in [0.05, 0.1) is 5.41 Å². The average Bonchev–Trinajstić information content (AvgIpc) is 2.49. The lowest BCUT2D eigenvalue weighted by Gasteiger charge is -2.43. The number of anilines is 1. The SMILES string of the molecule is CCN(C(=O)C1(c2ccccc2)CCC1)c1ccccc1. The highest BCUT2D eigenvalue weighted by Crippen LogP contribution is 2.45. The highest BCUT2D eigenvalue weighted by Gasteiger charge is 2.47. The number of hydrogen-bond acceptors (Lipinski definition) is 1. The van der Waals surface area contributed by atoms with Crippen molar-refractivity contribution in [1.82, 2.24) is 0 Å². The number of likely N-dealkylation sites (N-methyl/N-ethyl adjacent to an activating group) is 1. The smallest absolute Gasteiger partial charge is 0.237 e. The first-order chi connectivity index (χ1) is 10.3. The minimum absolute atomic E-state index is 0.244. The Morgan fingerprint density at radius 3 is 2.05 bits per heavy atom. The lowest BCUT2D eigenvalue weighted by Crippen LogP contribution is -2.51. The molecule has 0 atom stereocenters. The summed E-state index contributed by atoms with van der Waals surface area (Å²) >= 11 is 0. The number of hydrogen-bond donors (Lipinski definition) is 0. The van der Waals surface area contributed by atoms with E-state index in [4.69, 9.17) is 0 Å². The molecule has 21 heavy (non-hydrogen) atoms. The van der Waals surface area contributed by atoms with Gasteiger partial charge in [0.2, 0.25) is 5.91 Å². The number of carbonyl (C=O) groups is 1. The van der Waals surface area contributed by atoms with Gasteiger partial charge in [-0.25, -0.2) is 0 Å². The van der Waals surface area contributed by atoms with E-state index < -0.39 is 0 Å². The molecule has 0 heterocycles. The van der Waals surface area contributed by atoms with Gasteiger partial charge in [-0.3, -0.25) is 4.79 Å². The first-order valence-corrected chi connectivity index (χ1v) is 7.70. The van der Waals surface area contributed by atoms with Crippen LogP contribution in [0.4, 0.5) is 5.69 Å². The minimum Gasteiger partial charge on any atom is -0.312 e. The summed E-state index contributed by atoms with van der Waals surface area (Å²) in [5, 5.41) is 0. The van der Waals surface area contributed by atoms with Crippen molar-refractivity contribution < 1.29 is 4.79 Å². The van der Waals surface area contributed by atoms with E-state index in [9.17, 15) is 4.79 Å². The molecule has 0 N–H and O–H groups in total. The van der Waals surface area contributed by atoms with Crippen LogP contribution in [0.1, 0.15) is 31.7 Å². The molecular formula is C19H21NO. The Labute approximate surface area is 126 Å². The van der Waals surface area contributed by atoms with E-state index >= 15 is 0 Å². The van der Waals surface area contributed by atoms with Gasteiger partial charge in [0.15, 0.2) is 0 Å². The van der Waals surface area contributed by atoms with Crippen LogP contribution >= 0.6 is 0 Å². The van der Waals surface area contributed by atoms with Crippen LogP contribution in [-0.2, 0) is 10.2 Å². The minimum atomic E-state index is -0.312. The molecular weight excluding hydrogens is 258 g/mol. The summed E-state index contributed by atoms with van der Waals surface area (Å²) in [7, 11) is 0. The maximum absolute atomic E-state index is 13.2. The van der Waals surface area contributed by atoms with E-state index in [-0.39, 0.29) is 11.3 Å². The van der Waals surface area contributed by atoms with Crippen molar-refractivity contribution in [3.05, 3.63) is 66.2 Å². The summed E-state index contributed by atoms with van der Waals surface area (Å²) < 4.78 is 0. The quantitative estimate of drug-likeness (QED) is 0.823. The maximum atomic E-state index is 13.2. The molecule has 108 valence electrons. The van der Waals surface area contributed by atoms with Crippen molar-refractivity contribution in [1.29, 1.82) is 0 Å². The second-order valence-corrected chi connectivity index (χ2v) is 5.69. The Morgan fingerprint density at radius 2 is 1.57 bits per heavy atom. The molecule has 0 aromatic heterocycles. The zero-order valence-corrected chi connectivity index (χ0v) is 12.5. The fourth-order valence-electron chi connectivity index (χ4n) is 3.22. The van der Waals surface area contributed by atoms with Crippen LogP contribution in [-0.4, -0.2) is 12.5 Å². The number of carbonyl (C=O) groups excluding carboxylic acids is 1. The predicted molar refractivity (Wildman–Crippen MR) is 86.4 cm³/mol. The molecule has 1 aliphatic carbocycles. The van der Waals surface area contributed by atoms with Crippen molar-refractivity contribution in [2.24, 2.45) is 0 Å². The molecule has 1 saturated carbocycles. The molecule has 0 radical (unpaired) electrons. The molecule has 2 aromatic carbocycles. The summed E-state index contributed by atoms with van der Waals surface area (Å²) in [6.07, 6.45) is 3.05. The fourth-order valence-corrected chi connectivity index (χ4v) is 3.22. The van der Waals surface area contributed by atoms with Gasteiger partial charge in [0, 0.05) is 12.2 Å². The average molecular weight is 279 g/mol. The van der Waals surface area contributed by atoms with Crippen LogP contribution < -0.4 is 4.90 Å². The molecule has 1 fully saturated rings. The predicted octanol–water partition coefficient (Wildman–Crippen LogP) is 4.16. The number of amides is 1. The van der Waals surface area contributed by atoms with Crippen molar-refractivity contribution in [3.63, 3.8) is 0 Å². The summed E-state index contributed by atoms with van der Waals surface area (Å²) in [5.41, 5.74) is 1.84. The van der Waals surface area contributed by atoms with Crippen molar-refractivity contribution >= 4 is 11.6 Å². The zero-order chi connectivity index (χ0) is 14.7. The molecule has 0 saturated heterocycles. The number of para-hydroxylation sites is 1. The van der Waals surface area contributed by atoms with Gasteiger partial charge in [-0.1, -0.05) is 55.0 Å². The van der Waals surface area contributed by atoms with Crippen molar-refractivity contribution in [3.8, 4) is 0 Å². The highest BCUT2D eigenvalue weighted by atomic mass is 16.2. The maximum Gasteiger partial charge on any atom is 0.237 e. The topological polar surface area (TPSA) is 20.3 Å². The lowest BCUT2D eigenvalue weighted by atomic mass is 9.63. The Hall–Kier alpha value is -2.09. The second-order valence-electron chi connectivity index (χ2n) is 5.69. The molecule has 0 spiro atoms. The van der Waals surface area contributed by atoms with Crippen molar-refractivity contribution in [2.45, 2.75) is 31.6 Å². The fraction of sp³-hybridized carbons (Fsp3) is 0.316. The third kappa shape index (κ3) is 2.35. The lowest BCUT2D eigenvalue weighted by molar-refractivity contribution is -0.127. The second kappa shape index (κ2) is 5.72. The van der Waals surface area contributed by atoms with Gasteiger partial charge in [0.1, 0.15) is 0 Å². The van der Waals surface area contributed by atoms with E-state index in [0.29, 0.717) is 6.54 Å². The van der Waals surface area contributed by atoms with E-state index in [0.717, 1.165) is 30.5 Å². The van der Waals surface area contributed by atoms with Gasteiger partial charge < -0.3 is 4.90 Å². The Balaban J connectivity index is 1.95. The van der Waals surface area contributed by atoms with Crippen LogP contribution in [0.3, 0.4) is 0 Å². The standard InChI is InChI=1S/C19H21NO/c1-2-20(17-12-7-4-8-13-17)18(21)19(14-9-15-19)16-10-5-3-6-11-16/h3-8,10-13H,2,9,14-15H2,1H3. The van der Waals surface area contributed by atoms with Gasteiger partial charge in [-0.15, -0.1) is 0 Å². The first kappa shape index (κ1) is 13.9. The molecule has 2 aromatic rings. The molecule has 3 rings (SSSR count). The summed E-state index contributed by atoms with van der Waals surface area (Å²) in [6, 6.07) is 20.2. The van der Waals surface area contributed by atoms with Crippen molar-refractivity contribution in [2.75, 3.05) is 11.4 Å². The van der Waals surface area contributed by atoms with E-state index in [1.807, 2.05) is 60.4 Å². The number of benzene rings is 2. The molecule has 0 aliphatic heterocycles. The molecule has 1 aliphatic rings. The molecule has 0 bridgehead atoms.